The number of carbonyl (C=O) groups is 1. The summed E-state index contributed by atoms with van der Waals surface area (Å²) in [7, 11) is 0. The Bertz CT molecular complexity index is 514. The van der Waals surface area contributed by atoms with Crippen LogP contribution in [0, 0.1) is 0 Å². The third-order valence-corrected chi connectivity index (χ3v) is 6.38. The van der Waals surface area contributed by atoms with Crippen LogP contribution in [-0.4, -0.2) is 62.5 Å². The van der Waals surface area contributed by atoms with E-state index < -0.39 is 0 Å². The molecule has 3 aliphatic rings. The third-order valence-electron chi connectivity index (χ3n) is 4.57. The van der Waals surface area contributed by atoms with Gasteiger partial charge in [0.1, 0.15) is 0 Å². The highest BCUT2D eigenvalue weighted by atomic mass is 32.2. The molecule has 0 aromatic carbocycles. The molecule has 3 aliphatic heterocycles. The number of amides is 1. The maximum atomic E-state index is 12.7. The van der Waals surface area contributed by atoms with Crippen molar-refractivity contribution in [3.05, 3.63) is 10.6 Å². The number of carbonyl (C=O) groups excluding carboxylic acids is 1. The Balaban J connectivity index is 1.50. The average molecular weight is 310 g/mol. The van der Waals surface area contributed by atoms with Gasteiger partial charge in [-0.05, 0) is 24.4 Å². The van der Waals surface area contributed by atoms with Crippen molar-refractivity contribution in [2.24, 2.45) is 0 Å². The quantitative estimate of drug-likeness (QED) is 0.821. The Kier molecular flexibility index (Phi) is 3.44. The van der Waals surface area contributed by atoms with E-state index >= 15 is 0 Å². The SMILES string of the molecule is O=C(CN1CCSCC1)N1C2CCC1c1snnc1C2. The molecular formula is C13H18N4OS2. The van der Waals surface area contributed by atoms with Crippen LogP contribution in [-0.2, 0) is 11.2 Å². The predicted octanol–water partition coefficient (Wildman–Crippen LogP) is 1.18. The number of aromatic nitrogens is 2. The van der Waals surface area contributed by atoms with E-state index in [9.17, 15) is 4.79 Å². The molecule has 7 heteroatoms. The van der Waals surface area contributed by atoms with Gasteiger partial charge >= 0.3 is 0 Å². The van der Waals surface area contributed by atoms with Gasteiger partial charge in [0.2, 0.25) is 5.91 Å². The Labute approximate surface area is 126 Å². The van der Waals surface area contributed by atoms with Crippen LogP contribution in [0.15, 0.2) is 0 Å². The summed E-state index contributed by atoms with van der Waals surface area (Å²) in [5.74, 6) is 2.62. The molecule has 1 aromatic rings. The monoisotopic (exact) mass is 310 g/mol. The van der Waals surface area contributed by atoms with Crippen molar-refractivity contribution >= 4 is 29.2 Å². The number of nitrogens with zero attached hydrogens (tertiary/aromatic N) is 4. The average Bonchev–Trinajstić information content (AvgIpc) is 3.05. The molecule has 0 radical (unpaired) electrons. The molecule has 4 rings (SSSR count). The number of thioether (sulfide) groups is 1. The second-order valence-corrected chi connectivity index (χ2v) is 7.73. The molecule has 108 valence electrons. The number of rotatable bonds is 2. The van der Waals surface area contributed by atoms with Gasteiger partial charge in [-0.3, -0.25) is 9.69 Å². The predicted molar refractivity (Wildman–Crippen MR) is 80.0 cm³/mol. The number of hydrogen-bond acceptors (Lipinski definition) is 6. The summed E-state index contributed by atoms with van der Waals surface area (Å²) < 4.78 is 4.07. The van der Waals surface area contributed by atoms with E-state index in [1.54, 1.807) is 0 Å². The van der Waals surface area contributed by atoms with Crippen LogP contribution in [0.3, 0.4) is 0 Å². The standard InChI is InChI=1S/C13H18N4OS2/c18-12(8-16-3-5-19-6-4-16)17-9-1-2-11(17)13-10(7-9)14-15-20-13/h9,11H,1-8H2. The van der Waals surface area contributed by atoms with E-state index in [4.69, 9.17) is 0 Å². The van der Waals surface area contributed by atoms with E-state index in [1.165, 1.54) is 16.4 Å². The summed E-state index contributed by atoms with van der Waals surface area (Å²) in [6, 6.07) is 0.624. The van der Waals surface area contributed by atoms with Gasteiger partial charge in [0.15, 0.2) is 0 Å². The first-order chi connectivity index (χ1) is 9.83. The summed E-state index contributed by atoms with van der Waals surface area (Å²) in [6.07, 6.45) is 3.11. The first-order valence-corrected chi connectivity index (χ1v) is 9.18. The van der Waals surface area contributed by atoms with Crippen LogP contribution in [0.25, 0.3) is 0 Å². The molecule has 20 heavy (non-hydrogen) atoms. The van der Waals surface area contributed by atoms with Gasteiger partial charge in [0, 0.05) is 37.1 Å². The van der Waals surface area contributed by atoms with Crippen molar-refractivity contribution < 1.29 is 4.79 Å². The minimum atomic E-state index is 0.260. The first kappa shape index (κ1) is 13.0. The smallest absolute Gasteiger partial charge is 0.237 e. The van der Waals surface area contributed by atoms with Gasteiger partial charge < -0.3 is 4.90 Å². The zero-order valence-corrected chi connectivity index (χ0v) is 13.0. The summed E-state index contributed by atoms with van der Waals surface area (Å²) in [5, 5.41) is 4.22. The van der Waals surface area contributed by atoms with E-state index in [0.29, 0.717) is 18.5 Å². The molecule has 4 heterocycles. The minimum Gasteiger partial charge on any atom is -0.330 e. The fourth-order valence-corrected chi connectivity index (χ4v) is 5.37. The topological polar surface area (TPSA) is 49.3 Å². The van der Waals surface area contributed by atoms with Crippen LogP contribution in [0.5, 0.6) is 0 Å². The summed E-state index contributed by atoms with van der Waals surface area (Å²) >= 11 is 3.47. The largest absolute Gasteiger partial charge is 0.330 e. The highest BCUT2D eigenvalue weighted by Crippen LogP contribution is 2.44. The Morgan fingerprint density at radius 2 is 2.15 bits per heavy atom. The van der Waals surface area contributed by atoms with Crippen LogP contribution in [0.2, 0.25) is 0 Å². The lowest BCUT2D eigenvalue weighted by Crippen LogP contribution is -2.47. The van der Waals surface area contributed by atoms with Crippen molar-refractivity contribution in [1.29, 1.82) is 0 Å². The molecule has 2 unspecified atom stereocenters. The fourth-order valence-electron chi connectivity index (χ4n) is 3.58. The Hall–Kier alpha value is -0.660. The number of fused-ring (bicyclic) bond motifs is 4. The van der Waals surface area contributed by atoms with Crippen molar-refractivity contribution in [1.82, 2.24) is 19.4 Å². The van der Waals surface area contributed by atoms with E-state index in [0.717, 1.165) is 49.6 Å². The molecule has 1 amide bonds. The molecule has 0 aliphatic carbocycles. The summed E-state index contributed by atoms with van der Waals surface area (Å²) in [4.78, 5) is 18.4. The molecule has 2 fully saturated rings. The zero-order chi connectivity index (χ0) is 13.5. The van der Waals surface area contributed by atoms with Crippen LogP contribution >= 0.6 is 23.3 Å². The van der Waals surface area contributed by atoms with Crippen molar-refractivity contribution in [2.45, 2.75) is 31.3 Å². The van der Waals surface area contributed by atoms with E-state index in [-0.39, 0.29) is 6.04 Å². The zero-order valence-electron chi connectivity index (χ0n) is 11.3. The fraction of sp³-hybridized carbons (Fsp3) is 0.769. The molecule has 0 spiro atoms. The molecule has 2 bridgehead atoms. The molecule has 2 saturated heterocycles. The maximum Gasteiger partial charge on any atom is 0.237 e. The summed E-state index contributed by atoms with van der Waals surface area (Å²) in [5.41, 5.74) is 1.14. The molecule has 1 aromatic heterocycles. The van der Waals surface area contributed by atoms with E-state index in [1.807, 2.05) is 11.8 Å². The second kappa shape index (κ2) is 5.27. The molecule has 2 atom stereocenters. The Morgan fingerprint density at radius 1 is 1.30 bits per heavy atom. The van der Waals surface area contributed by atoms with Crippen LogP contribution in [0.4, 0.5) is 0 Å². The highest BCUT2D eigenvalue weighted by Gasteiger charge is 2.44. The molecule has 0 N–H and O–H groups in total. The lowest BCUT2D eigenvalue weighted by Gasteiger charge is -2.36. The van der Waals surface area contributed by atoms with Gasteiger partial charge in [0.25, 0.3) is 0 Å². The minimum absolute atomic E-state index is 0.260. The summed E-state index contributed by atoms with van der Waals surface area (Å²) in [6.45, 7) is 2.69. The molecular weight excluding hydrogens is 292 g/mol. The van der Waals surface area contributed by atoms with Gasteiger partial charge in [-0.2, -0.15) is 11.8 Å². The second-order valence-electron chi connectivity index (χ2n) is 5.72. The maximum absolute atomic E-state index is 12.7. The molecule has 5 nitrogen and oxygen atoms in total. The van der Waals surface area contributed by atoms with Gasteiger partial charge in [0.05, 0.1) is 23.2 Å². The molecule has 0 saturated carbocycles. The highest BCUT2D eigenvalue weighted by molar-refractivity contribution is 7.99. The van der Waals surface area contributed by atoms with Gasteiger partial charge in [-0.1, -0.05) is 4.49 Å². The first-order valence-electron chi connectivity index (χ1n) is 7.25. The van der Waals surface area contributed by atoms with Crippen molar-refractivity contribution in [3.8, 4) is 0 Å². The lowest BCUT2D eigenvalue weighted by atomic mass is 10.1. The third kappa shape index (κ3) is 2.16. The normalized spacial score (nSPS) is 29.5. The van der Waals surface area contributed by atoms with Gasteiger partial charge in [-0.15, -0.1) is 5.10 Å². The lowest BCUT2D eigenvalue weighted by molar-refractivity contribution is -0.135. The van der Waals surface area contributed by atoms with Crippen LogP contribution in [0.1, 0.15) is 29.5 Å². The van der Waals surface area contributed by atoms with Crippen LogP contribution < -0.4 is 0 Å². The van der Waals surface area contributed by atoms with Crippen molar-refractivity contribution in [2.75, 3.05) is 31.1 Å². The Morgan fingerprint density at radius 3 is 3.00 bits per heavy atom. The van der Waals surface area contributed by atoms with Crippen molar-refractivity contribution in [3.63, 3.8) is 0 Å². The van der Waals surface area contributed by atoms with E-state index in [2.05, 4.69) is 19.4 Å². The van der Waals surface area contributed by atoms with Gasteiger partial charge in [-0.25, -0.2) is 0 Å². The number of hydrogen-bond donors (Lipinski definition) is 0.